The van der Waals surface area contributed by atoms with E-state index in [1.165, 1.54) is 0 Å². The van der Waals surface area contributed by atoms with Crippen molar-refractivity contribution in [1.82, 2.24) is 0 Å². The zero-order valence-corrected chi connectivity index (χ0v) is 15.5. The Morgan fingerprint density at radius 2 is 1.00 bits per heavy atom. The van der Waals surface area contributed by atoms with Gasteiger partial charge in [0.05, 0.1) is 0 Å². The summed E-state index contributed by atoms with van der Waals surface area (Å²) in [6.07, 6.45) is 2.75. The van der Waals surface area contributed by atoms with Crippen molar-refractivity contribution in [2.24, 2.45) is 11.8 Å². The lowest BCUT2D eigenvalue weighted by molar-refractivity contribution is 0.0820. The molecule has 0 fully saturated rings. The minimum absolute atomic E-state index is 0.313. The first-order chi connectivity index (χ1) is 8.74. The highest BCUT2D eigenvalue weighted by atomic mass is 28.4. The minimum Gasteiger partial charge on any atom is -0.391 e. The average Bonchev–Trinajstić information content (AvgIpc) is 2.26. The zero-order valence-electron chi connectivity index (χ0n) is 14.5. The van der Waals surface area contributed by atoms with Crippen molar-refractivity contribution >= 4 is 8.56 Å². The quantitative estimate of drug-likeness (QED) is 0.503. The van der Waals surface area contributed by atoms with Crippen LogP contribution in [0.1, 0.15) is 68.2 Å². The fourth-order valence-corrected chi connectivity index (χ4v) is 7.34. The third kappa shape index (κ3) is 8.11. The van der Waals surface area contributed by atoms with Crippen molar-refractivity contribution in [2.75, 3.05) is 0 Å². The summed E-state index contributed by atoms with van der Waals surface area (Å²) >= 11 is 0. The molecular formula is C16H36O2Si. The minimum atomic E-state index is -2.09. The Morgan fingerprint density at radius 1 is 0.684 bits per heavy atom. The Bertz CT molecular complexity index is 205. The Labute approximate surface area is 122 Å². The second-order valence-corrected chi connectivity index (χ2v) is 9.89. The maximum atomic E-state index is 6.50. The van der Waals surface area contributed by atoms with E-state index in [1.54, 1.807) is 0 Å². The van der Waals surface area contributed by atoms with E-state index in [2.05, 4.69) is 55.4 Å². The predicted octanol–water partition coefficient (Wildman–Crippen LogP) is 5.37. The van der Waals surface area contributed by atoms with Gasteiger partial charge in [-0.3, -0.25) is 0 Å². The summed E-state index contributed by atoms with van der Waals surface area (Å²) in [4.78, 5) is 0. The molecule has 0 aliphatic heterocycles. The first-order valence-corrected chi connectivity index (χ1v) is 10.3. The molecule has 0 aromatic heterocycles. The molecule has 0 rings (SSSR count). The van der Waals surface area contributed by atoms with Gasteiger partial charge in [0.2, 0.25) is 0 Å². The van der Waals surface area contributed by atoms with Crippen LogP contribution in [0.5, 0.6) is 0 Å². The van der Waals surface area contributed by atoms with Crippen molar-refractivity contribution in [3.63, 3.8) is 0 Å². The highest BCUT2D eigenvalue weighted by Gasteiger charge is 2.41. The molecule has 2 atom stereocenters. The molecule has 116 valence electrons. The van der Waals surface area contributed by atoms with Gasteiger partial charge in [-0.15, -0.1) is 0 Å². The maximum Gasteiger partial charge on any atom is 0.339 e. The van der Waals surface area contributed by atoms with Gasteiger partial charge in [0.1, 0.15) is 0 Å². The van der Waals surface area contributed by atoms with Crippen LogP contribution in [0.4, 0.5) is 0 Å². The van der Waals surface area contributed by atoms with Gasteiger partial charge >= 0.3 is 8.56 Å². The second kappa shape index (κ2) is 9.14. The standard InChI is InChI=1S/C16H36O2Si/c1-9-15(7)17-19(11-13(3)4,12-14(5)6)18-16(8)10-2/h13-16H,9-12H2,1-8H3. The van der Waals surface area contributed by atoms with Crippen LogP contribution >= 0.6 is 0 Å². The van der Waals surface area contributed by atoms with Gasteiger partial charge in [0.15, 0.2) is 0 Å². The fraction of sp³-hybridized carbons (Fsp3) is 1.00. The summed E-state index contributed by atoms with van der Waals surface area (Å²) in [6, 6.07) is 2.22. The first-order valence-electron chi connectivity index (χ1n) is 8.10. The Hall–Kier alpha value is 0.137. The monoisotopic (exact) mass is 288 g/mol. The molecule has 0 aliphatic carbocycles. The zero-order chi connectivity index (χ0) is 15.1. The summed E-state index contributed by atoms with van der Waals surface area (Å²) in [6.45, 7) is 17.9. The molecule has 0 aliphatic rings. The number of rotatable bonds is 10. The molecule has 0 aromatic rings. The second-order valence-electron chi connectivity index (χ2n) is 6.78. The molecule has 0 heterocycles. The molecule has 0 aromatic carbocycles. The van der Waals surface area contributed by atoms with Crippen molar-refractivity contribution in [2.45, 2.75) is 92.5 Å². The Morgan fingerprint density at radius 3 is 1.21 bits per heavy atom. The summed E-state index contributed by atoms with van der Waals surface area (Å²) in [5, 5.41) is 0. The molecule has 0 bridgehead atoms. The van der Waals surface area contributed by atoms with Gasteiger partial charge < -0.3 is 8.85 Å². The third-order valence-electron chi connectivity index (χ3n) is 3.42. The Kier molecular flexibility index (Phi) is 9.21. The molecule has 2 unspecified atom stereocenters. The summed E-state index contributed by atoms with van der Waals surface area (Å²) in [5.74, 6) is 1.28. The topological polar surface area (TPSA) is 18.5 Å². The first kappa shape index (κ1) is 19.1. The van der Waals surface area contributed by atoms with Crippen LogP contribution in [0, 0.1) is 11.8 Å². The predicted molar refractivity (Wildman–Crippen MR) is 86.7 cm³/mol. The van der Waals surface area contributed by atoms with Crippen molar-refractivity contribution in [3.05, 3.63) is 0 Å². The molecule has 0 radical (unpaired) electrons. The van der Waals surface area contributed by atoms with E-state index < -0.39 is 8.56 Å². The van der Waals surface area contributed by atoms with Crippen LogP contribution in [-0.2, 0) is 8.85 Å². The lowest BCUT2D eigenvalue weighted by Gasteiger charge is -2.38. The fourth-order valence-electron chi connectivity index (χ4n) is 2.45. The summed E-state index contributed by atoms with van der Waals surface area (Å²) < 4.78 is 13.0. The van der Waals surface area contributed by atoms with Gasteiger partial charge in [-0.05, 0) is 50.6 Å². The largest absolute Gasteiger partial charge is 0.391 e. The van der Waals surface area contributed by atoms with E-state index in [9.17, 15) is 0 Å². The van der Waals surface area contributed by atoms with E-state index in [4.69, 9.17) is 8.85 Å². The number of hydrogen-bond donors (Lipinski definition) is 0. The molecule has 0 saturated carbocycles. The van der Waals surface area contributed by atoms with Gasteiger partial charge in [-0.25, -0.2) is 0 Å². The van der Waals surface area contributed by atoms with Crippen molar-refractivity contribution < 1.29 is 8.85 Å². The molecule has 0 amide bonds. The van der Waals surface area contributed by atoms with Crippen LogP contribution in [0.25, 0.3) is 0 Å². The lowest BCUT2D eigenvalue weighted by atomic mass is 10.3. The van der Waals surface area contributed by atoms with E-state index in [0.717, 1.165) is 24.9 Å². The van der Waals surface area contributed by atoms with Crippen LogP contribution in [0.2, 0.25) is 12.1 Å². The highest BCUT2D eigenvalue weighted by Crippen LogP contribution is 2.31. The van der Waals surface area contributed by atoms with Crippen LogP contribution < -0.4 is 0 Å². The summed E-state index contributed by atoms with van der Waals surface area (Å²) in [7, 11) is -2.09. The van der Waals surface area contributed by atoms with E-state index in [1.807, 2.05) is 0 Å². The lowest BCUT2D eigenvalue weighted by Crippen LogP contribution is -2.48. The summed E-state index contributed by atoms with van der Waals surface area (Å²) in [5.41, 5.74) is 0. The van der Waals surface area contributed by atoms with Gasteiger partial charge in [-0.1, -0.05) is 41.5 Å². The SMILES string of the molecule is CCC(C)O[Si](CC(C)C)(CC(C)C)OC(C)CC. The normalized spacial score (nSPS) is 16.1. The van der Waals surface area contributed by atoms with Gasteiger partial charge in [0.25, 0.3) is 0 Å². The molecule has 19 heavy (non-hydrogen) atoms. The molecule has 2 nitrogen and oxygen atoms in total. The van der Waals surface area contributed by atoms with Gasteiger partial charge in [-0.2, -0.15) is 0 Å². The van der Waals surface area contributed by atoms with Crippen molar-refractivity contribution in [3.8, 4) is 0 Å². The molecular weight excluding hydrogens is 252 g/mol. The number of hydrogen-bond acceptors (Lipinski definition) is 2. The highest BCUT2D eigenvalue weighted by molar-refractivity contribution is 6.67. The van der Waals surface area contributed by atoms with Crippen molar-refractivity contribution in [1.29, 1.82) is 0 Å². The van der Waals surface area contributed by atoms with Crippen LogP contribution in [0.3, 0.4) is 0 Å². The molecule has 3 heteroatoms. The van der Waals surface area contributed by atoms with Gasteiger partial charge in [0, 0.05) is 12.2 Å². The van der Waals surface area contributed by atoms with E-state index in [0.29, 0.717) is 24.0 Å². The smallest absolute Gasteiger partial charge is 0.339 e. The van der Waals surface area contributed by atoms with E-state index >= 15 is 0 Å². The van der Waals surface area contributed by atoms with E-state index in [-0.39, 0.29) is 0 Å². The molecule has 0 N–H and O–H groups in total. The van der Waals surface area contributed by atoms with Crippen LogP contribution in [0.15, 0.2) is 0 Å². The van der Waals surface area contributed by atoms with Crippen LogP contribution in [-0.4, -0.2) is 20.8 Å². The third-order valence-corrected chi connectivity index (χ3v) is 7.96. The molecule has 0 spiro atoms. The Balaban J connectivity index is 5.05. The molecule has 0 saturated heterocycles. The maximum absolute atomic E-state index is 6.50. The average molecular weight is 289 g/mol.